The van der Waals surface area contributed by atoms with E-state index in [1.807, 2.05) is 0 Å². The molecule has 1 aromatic rings. The lowest BCUT2D eigenvalue weighted by molar-refractivity contribution is -0.144. The van der Waals surface area contributed by atoms with E-state index >= 15 is 0 Å². The molecule has 0 bridgehead atoms. The van der Waals surface area contributed by atoms with Crippen molar-refractivity contribution >= 4 is 29.4 Å². The molecule has 0 heterocycles. The Hall–Kier alpha value is -2.08. The van der Waals surface area contributed by atoms with Gasteiger partial charge in [-0.1, -0.05) is 23.7 Å². The molecule has 22 heavy (non-hydrogen) atoms. The average Bonchev–Trinajstić information content (AvgIpc) is 2.47. The van der Waals surface area contributed by atoms with E-state index in [9.17, 15) is 14.4 Å². The van der Waals surface area contributed by atoms with Crippen molar-refractivity contribution in [3.8, 4) is 0 Å². The number of nitrogens with two attached hydrogens (primary N) is 1. The van der Waals surface area contributed by atoms with Gasteiger partial charge in [-0.3, -0.25) is 14.4 Å². The Bertz CT molecular complexity index is 531. The van der Waals surface area contributed by atoms with Gasteiger partial charge < -0.3 is 15.8 Å². The number of esters is 1. The largest absolute Gasteiger partial charge is 0.466 e. The molecule has 0 saturated carbocycles. The molecule has 1 aromatic carbocycles. The molecule has 0 aliphatic rings. The Morgan fingerprint density at radius 2 is 1.86 bits per heavy atom. The number of primary amides is 1. The van der Waals surface area contributed by atoms with Crippen LogP contribution in [0.5, 0.6) is 0 Å². The lowest BCUT2D eigenvalue weighted by Gasteiger charge is -2.15. The molecular formula is C15H19ClN2O4. The van der Waals surface area contributed by atoms with Crippen LogP contribution in [-0.2, 0) is 25.5 Å². The highest BCUT2D eigenvalue weighted by Crippen LogP contribution is 2.11. The van der Waals surface area contributed by atoms with Crippen molar-refractivity contribution in [2.45, 2.75) is 32.2 Å². The smallest absolute Gasteiger partial charge is 0.306 e. The monoisotopic (exact) mass is 326 g/mol. The van der Waals surface area contributed by atoms with Crippen molar-refractivity contribution in [2.75, 3.05) is 6.61 Å². The van der Waals surface area contributed by atoms with Crippen LogP contribution in [0.1, 0.15) is 25.3 Å². The van der Waals surface area contributed by atoms with Gasteiger partial charge in [0.05, 0.1) is 13.0 Å². The lowest BCUT2D eigenvalue weighted by atomic mass is 10.1. The van der Waals surface area contributed by atoms with E-state index in [1.165, 1.54) is 0 Å². The van der Waals surface area contributed by atoms with Crippen molar-refractivity contribution in [1.29, 1.82) is 0 Å². The van der Waals surface area contributed by atoms with E-state index in [2.05, 4.69) is 5.32 Å². The molecule has 0 saturated heterocycles. The highest BCUT2D eigenvalue weighted by molar-refractivity contribution is 6.30. The zero-order valence-corrected chi connectivity index (χ0v) is 13.1. The van der Waals surface area contributed by atoms with E-state index in [1.54, 1.807) is 31.2 Å². The normalized spacial score (nSPS) is 11.5. The molecule has 0 aliphatic heterocycles. The second-order valence-corrected chi connectivity index (χ2v) is 5.09. The molecule has 0 radical (unpaired) electrons. The minimum absolute atomic E-state index is 0.0356. The van der Waals surface area contributed by atoms with E-state index in [-0.39, 0.29) is 25.9 Å². The fraction of sp³-hybridized carbons (Fsp3) is 0.400. The summed E-state index contributed by atoms with van der Waals surface area (Å²) < 4.78 is 4.73. The molecule has 6 nitrogen and oxygen atoms in total. The summed E-state index contributed by atoms with van der Waals surface area (Å²) in [6.07, 6.45) is 0.174. The van der Waals surface area contributed by atoms with Gasteiger partial charge in [0.15, 0.2) is 0 Å². The van der Waals surface area contributed by atoms with Crippen LogP contribution in [0.25, 0.3) is 0 Å². The molecular weight excluding hydrogens is 308 g/mol. The summed E-state index contributed by atoms with van der Waals surface area (Å²) in [5.41, 5.74) is 6.11. The van der Waals surface area contributed by atoms with Crippen LogP contribution >= 0.6 is 11.6 Å². The summed E-state index contributed by atoms with van der Waals surface area (Å²) in [4.78, 5) is 34.4. The molecule has 1 atom stereocenters. The number of ether oxygens (including phenoxy) is 1. The molecule has 0 aliphatic carbocycles. The number of amides is 2. The van der Waals surface area contributed by atoms with Crippen molar-refractivity contribution in [3.05, 3.63) is 34.9 Å². The van der Waals surface area contributed by atoms with Crippen molar-refractivity contribution in [1.82, 2.24) is 5.32 Å². The molecule has 120 valence electrons. The van der Waals surface area contributed by atoms with Gasteiger partial charge in [-0.15, -0.1) is 0 Å². The zero-order chi connectivity index (χ0) is 16.5. The first-order chi connectivity index (χ1) is 10.4. The summed E-state index contributed by atoms with van der Waals surface area (Å²) in [6, 6.07) is 6.05. The third-order valence-electron chi connectivity index (χ3n) is 2.89. The Balaban J connectivity index is 2.53. The molecule has 2 amide bonds. The topological polar surface area (TPSA) is 98.5 Å². The number of carbonyl (C=O) groups excluding carboxylic acids is 3. The van der Waals surface area contributed by atoms with Crippen LogP contribution in [0.4, 0.5) is 0 Å². The summed E-state index contributed by atoms with van der Waals surface area (Å²) in [6.45, 7) is 1.95. The first-order valence-electron chi connectivity index (χ1n) is 6.91. The van der Waals surface area contributed by atoms with Gasteiger partial charge in [0.2, 0.25) is 11.8 Å². The number of carbonyl (C=O) groups is 3. The highest BCUT2D eigenvalue weighted by atomic mass is 35.5. The molecule has 0 aromatic heterocycles. The highest BCUT2D eigenvalue weighted by Gasteiger charge is 2.19. The van der Waals surface area contributed by atoms with Gasteiger partial charge in [0.25, 0.3) is 0 Å². The van der Waals surface area contributed by atoms with Gasteiger partial charge in [0.1, 0.15) is 6.04 Å². The third-order valence-corrected chi connectivity index (χ3v) is 3.15. The SMILES string of the molecule is CCOC(=O)CCC(=O)N[C@H](Cc1ccc(Cl)cc1)C(N)=O. The van der Waals surface area contributed by atoms with Crippen LogP contribution < -0.4 is 11.1 Å². The van der Waals surface area contributed by atoms with E-state index < -0.39 is 23.8 Å². The number of hydrogen-bond acceptors (Lipinski definition) is 4. The molecule has 3 N–H and O–H groups in total. The summed E-state index contributed by atoms with van der Waals surface area (Å²) >= 11 is 5.79. The average molecular weight is 327 g/mol. The minimum Gasteiger partial charge on any atom is -0.466 e. The first kappa shape index (κ1) is 18.0. The van der Waals surface area contributed by atoms with E-state index in [0.29, 0.717) is 5.02 Å². The van der Waals surface area contributed by atoms with Crippen LogP contribution in [0.15, 0.2) is 24.3 Å². The number of halogens is 1. The number of nitrogens with one attached hydrogen (secondary N) is 1. The van der Waals surface area contributed by atoms with Gasteiger partial charge in [-0.25, -0.2) is 0 Å². The standard InChI is InChI=1S/C15H19ClN2O4/c1-2-22-14(20)8-7-13(19)18-12(15(17)21)9-10-3-5-11(16)6-4-10/h3-6,12H,2,7-9H2,1H3,(H2,17,21)(H,18,19)/t12-/m1/s1. The number of rotatable bonds is 8. The maximum absolute atomic E-state index is 11.8. The summed E-state index contributed by atoms with van der Waals surface area (Å²) in [7, 11) is 0. The van der Waals surface area contributed by atoms with Crippen LogP contribution in [0.2, 0.25) is 5.02 Å². The van der Waals surface area contributed by atoms with Gasteiger partial charge >= 0.3 is 5.97 Å². The van der Waals surface area contributed by atoms with E-state index in [0.717, 1.165) is 5.56 Å². The Labute approximate surface area is 134 Å². The number of benzene rings is 1. The maximum atomic E-state index is 11.8. The quantitative estimate of drug-likeness (QED) is 0.701. The second-order valence-electron chi connectivity index (χ2n) is 4.66. The fourth-order valence-electron chi connectivity index (χ4n) is 1.79. The van der Waals surface area contributed by atoms with Gasteiger partial charge in [-0.2, -0.15) is 0 Å². The fourth-order valence-corrected chi connectivity index (χ4v) is 1.92. The van der Waals surface area contributed by atoms with Crippen molar-refractivity contribution in [2.24, 2.45) is 5.73 Å². The second kappa shape index (κ2) is 9.04. The van der Waals surface area contributed by atoms with Gasteiger partial charge in [-0.05, 0) is 24.6 Å². The maximum Gasteiger partial charge on any atom is 0.306 e. The van der Waals surface area contributed by atoms with E-state index in [4.69, 9.17) is 22.1 Å². The predicted molar refractivity (Wildman–Crippen MR) is 82.1 cm³/mol. The first-order valence-corrected chi connectivity index (χ1v) is 7.29. The molecule has 0 spiro atoms. The molecule has 0 fully saturated rings. The summed E-state index contributed by atoms with van der Waals surface area (Å²) in [5.74, 6) is -1.52. The Morgan fingerprint density at radius 3 is 2.41 bits per heavy atom. The number of hydrogen-bond donors (Lipinski definition) is 2. The van der Waals surface area contributed by atoms with Crippen molar-refractivity contribution in [3.63, 3.8) is 0 Å². The summed E-state index contributed by atoms with van der Waals surface area (Å²) in [5, 5.41) is 3.10. The Morgan fingerprint density at radius 1 is 1.23 bits per heavy atom. The molecule has 7 heteroatoms. The lowest BCUT2D eigenvalue weighted by Crippen LogP contribution is -2.45. The van der Waals surface area contributed by atoms with Crippen LogP contribution in [0, 0.1) is 0 Å². The van der Waals surface area contributed by atoms with Crippen molar-refractivity contribution < 1.29 is 19.1 Å². The molecule has 1 rings (SSSR count). The molecule has 0 unspecified atom stereocenters. The minimum atomic E-state index is -0.837. The van der Waals surface area contributed by atoms with Gasteiger partial charge in [0, 0.05) is 17.9 Å². The third kappa shape index (κ3) is 6.58. The zero-order valence-electron chi connectivity index (χ0n) is 12.3. The predicted octanol–water partition coefficient (Wildman–Crippen LogP) is 1.20. The Kier molecular flexibility index (Phi) is 7.39. The van der Waals surface area contributed by atoms with Crippen LogP contribution in [-0.4, -0.2) is 30.4 Å². The van der Waals surface area contributed by atoms with Crippen LogP contribution in [0.3, 0.4) is 0 Å².